The van der Waals surface area contributed by atoms with E-state index in [2.05, 4.69) is 27.4 Å². The van der Waals surface area contributed by atoms with Crippen LogP contribution in [0.4, 0.5) is 0 Å². The molecular formula is C11H16N4O. The number of hydrogen-bond acceptors (Lipinski definition) is 4. The van der Waals surface area contributed by atoms with Crippen LogP contribution in [0.1, 0.15) is 0 Å². The Morgan fingerprint density at radius 2 is 1.69 bits per heavy atom. The molecule has 0 atom stereocenters. The molecule has 5 nitrogen and oxygen atoms in total. The van der Waals surface area contributed by atoms with Crippen molar-refractivity contribution in [3.05, 3.63) is 24.3 Å². The predicted molar refractivity (Wildman–Crippen MR) is 62.2 cm³/mol. The van der Waals surface area contributed by atoms with Gasteiger partial charge in [0, 0.05) is 13.1 Å². The van der Waals surface area contributed by atoms with Crippen LogP contribution in [0.15, 0.2) is 24.3 Å². The van der Waals surface area contributed by atoms with Crippen LogP contribution >= 0.6 is 0 Å². The summed E-state index contributed by atoms with van der Waals surface area (Å²) in [5.41, 5.74) is 1.83. The number of aromatic nitrogens is 3. The van der Waals surface area contributed by atoms with E-state index in [1.165, 1.54) is 0 Å². The second-order valence-electron chi connectivity index (χ2n) is 3.73. The van der Waals surface area contributed by atoms with Gasteiger partial charge in [0.05, 0.1) is 13.2 Å². The first-order valence-corrected chi connectivity index (χ1v) is 5.38. The lowest BCUT2D eigenvalue weighted by molar-refractivity contribution is 0.0503. The third-order valence-corrected chi connectivity index (χ3v) is 2.46. The molecule has 0 unspecified atom stereocenters. The standard InChI is InChI=1S/C6H5N3.C5H11NO/c1-2-4-6-5(3-1)7-9-8-6;1-6-2-4-7-5-3-6/h1-4H,(H,7,8,9);2-5H2,1H3. The Labute approximate surface area is 94.4 Å². The Hall–Kier alpha value is -1.46. The third kappa shape index (κ3) is 3.01. The maximum absolute atomic E-state index is 5.10. The minimum atomic E-state index is 0.913. The van der Waals surface area contributed by atoms with Crippen molar-refractivity contribution in [2.45, 2.75) is 0 Å². The van der Waals surface area contributed by atoms with Crippen LogP contribution in [-0.2, 0) is 4.74 Å². The number of para-hydroxylation sites is 2. The summed E-state index contributed by atoms with van der Waals surface area (Å²) in [5.74, 6) is 0. The van der Waals surface area contributed by atoms with Gasteiger partial charge < -0.3 is 9.64 Å². The van der Waals surface area contributed by atoms with E-state index < -0.39 is 0 Å². The molecule has 1 saturated heterocycles. The lowest BCUT2D eigenvalue weighted by atomic mass is 10.3. The molecule has 1 aliphatic rings. The minimum absolute atomic E-state index is 0.913. The van der Waals surface area contributed by atoms with Crippen molar-refractivity contribution in [2.75, 3.05) is 33.4 Å². The highest BCUT2D eigenvalue weighted by Crippen LogP contribution is 2.03. The van der Waals surface area contributed by atoms with Crippen molar-refractivity contribution in [1.29, 1.82) is 0 Å². The van der Waals surface area contributed by atoms with Crippen LogP contribution in [0.3, 0.4) is 0 Å². The van der Waals surface area contributed by atoms with Crippen LogP contribution in [0.25, 0.3) is 11.0 Å². The van der Waals surface area contributed by atoms with Crippen molar-refractivity contribution in [2.24, 2.45) is 0 Å². The quantitative estimate of drug-likeness (QED) is 0.717. The molecule has 1 aliphatic heterocycles. The van der Waals surface area contributed by atoms with Crippen molar-refractivity contribution in [1.82, 2.24) is 20.3 Å². The fourth-order valence-electron chi connectivity index (χ4n) is 1.44. The summed E-state index contributed by atoms with van der Waals surface area (Å²) in [6.07, 6.45) is 0. The second-order valence-corrected chi connectivity index (χ2v) is 3.73. The molecule has 1 N–H and O–H groups in total. The van der Waals surface area contributed by atoms with E-state index in [1.807, 2.05) is 24.3 Å². The van der Waals surface area contributed by atoms with E-state index in [9.17, 15) is 0 Å². The summed E-state index contributed by atoms with van der Waals surface area (Å²) in [6, 6.07) is 7.70. The van der Waals surface area contributed by atoms with Crippen LogP contribution in [0, 0.1) is 0 Å². The molecule has 0 amide bonds. The number of aromatic amines is 1. The lowest BCUT2D eigenvalue weighted by Gasteiger charge is -2.21. The van der Waals surface area contributed by atoms with Gasteiger partial charge in [0.2, 0.25) is 0 Å². The zero-order chi connectivity index (χ0) is 11.2. The van der Waals surface area contributed by atoms with E-state index in [0.717, 1.165) is 37.3 Å². The molecule has 86 valence electrons. The zero-order valence-electron chi connectivity index (χ0n) is 9.39. The third-order valence-electron chi connectivity index (χ3n) is 2.46. The molecule has 2 heterocycles. The number of likely N-dealkylation sites (N-methyl/N-ethyl adjacent to an activating group) is 1. The van der Waals surface area contributed by atoms with E-state index in [1.54, 1.807) is 0 Å². The molecule has 1 aromatic heterocycles. The smallest absolute Gasteiger partial charge is 0.112 e. The van der Waals surface area contributed by atoms with Crippen LogP contribution in [0.2, 0.25) is 0 Å². The Kier molecular flexibility index (Phi) is 3.85. The number of H-pyrrole nitrogens is 1. The van der Waals surface area contributed by atoms with E-state index in [0.29, 0.717) is 0 Å². The molecule has 0 bridgehead atoms. The number of hydrogen-bond donors (Lipinski definition) is 1. The summed E-state index contributed by atoms with van der Waals surface area (Å²) in [7, 11) is 2.11. The number of morpholine rings is 1. The molecule has 5 heteroatoms. The molecule has 0 saturated carbocycles. The van der Waals surface area contributed by atoms with Gasteiger partial charge in [0.25, 0.3) is 0 Å². The molecular weight excluding hydrogens is 204 g/mol. The fourth-order valence-corrected chi connectivity index (χ4v) is 1.44. The Balaban J connectivity index is 0.000000125. The van der Waals surface area contributed by atoms with Gasteiger partial charge in [-0.3, -0.25) is 0 Å². The van der Waals surface area contributed by atoms with Gasteiger partial charge in [-0.15, -0.1) is 0 Å². The number of ether oxygens (including phenoxy) is 1. The van der Waals surface area contributed by atoms with Gasteiger partial charge in [-0.25, -0.2) is 0 Å². The fraction of sp³-hybridized carbons (Fsp3) is 0.455. The summed E-state index contributed by atoms with van der Waals surface area (Å²) >= 11 is 0. The summed E-state index contributed by atoms with van der Waals surface area (Å²) in [5, 5.41) is 10.3. The summed E-state index contributed by atoms with van der Waals surface area (Å²) in [6.45, 7) is 4.02. The van der Waals surface area contributed by atoms with Gasteiger partial charge in [0.1, 0.15) is 11.0 Å². The van der Waals surface area contributed by atoms with Gasteiger partial charge in [-0.05, 0) is 19.2 Å². The van der Waals surface area contributed by atoms with Crippen molar-refractivity contribution in [3.63, 3.8) is 0 Å². The highest BCUT2D eigenvalue weighted by atomic mass is 16.5. The topological polar surface area (TPSA) is 54.0 Å². The maximum Gasteiger partial charge on any atom is 0.112 e. The first kappa shape index (κ1) is 11.0. The Bertz CT molecular complexity index is 392. The number of nitrogens with zero attached hydrogens (tertiary/aromatic N) is 3. The molecule has 0 spiro atoms. The van der Waals surface area contributed by atoms with Gasteiger partial charge >= 0.3 is 0 Å². The highest BCUT2D eigenvalue weighted by Gasteiger charge is 2.02. The summed E-state index contributed by atoms with van der Waals surface area (Å²) in [4.78, 5) is 2.27. The van der Waals surface area contributed by atoms with Crippen molar-refractivity contribution < 1.29 is 4.74 Å². The summed E-state index contributed by atoms with van der Waals surface area (Å²) < 4.78 is 5.10. The Morgan fingerprint density at radius 3 is 2.12 bits per heavy atom. The van der Waals surface area contributed by atoms with Crippen LogP contribution in [-0.4, -0.2) is 53.7 Å². The van der Waals surface area contributed by atoms with E-state index in [-0.39, 0.29) is 0 Å². The molecule has 1 aromatic carbocycles. The van der Waals surface area contributed by atoms with E-state index >= 15 is 0 Å². The van der Waals surface area contributed by atoms with Crippen molar-refractivity contribution >= 4 is 11.0 Å². The first-order valence-electron chi connectivity index (χ1n) is 5.38. The Morgan fingerprint density at radius 1 is 1.12 bits per heavy atom. The predicted octanol–water partition coefficient (Wildman–Crippen LogP) is 0.906. The van der Waals surface area contributed by atoms with Gasteiger partial charge in [-0.1, -0.05) is 12.1 Å². The molecule has 1 fully saturated rings. The van der Waals surface area contributed by atoms with Crippen molar-refractivity contribution in [3.8, 4) is 0 Å². The van der Waals surface area contributed by atoms with Gasteiger partial charge in [-0.2, -0.15) is 15.4 Å². The lowest BCUT2D eigenvalue weighted by Crippen LogP contribution is -2.32. The van der Waals surface area contributed by atoms with Crippen LogP contribution < -0.4 is 0 Å². The average molecular weight is 220 g/mol. The maximum atomic E-state index is 5.10. The molecule has 2 aromatic rings. The zero-order valence-corrected chi connectivity index (χ0v) is 9.39. The number of rotatable bonds is 0. The largest absolute Gasteiger partial charge is 0.379 e. The minimum Gasteiger partial charge on any atom is -0.379 e. The molecule has 0 aliphatic carbocycles. The number of fused-ring (bicyclic) bond motifs is 1. The van der Waals surface area contributed by atoms with Crippen LogP contribution in [0.5, 0.6) is 0 Å². The SMILES string of the molecule is CN1CCOCC1.c1ccc2n[nH]nc2c1. The average Bonchev–Trinajstić information content (AvgIpc) is 2.79. The van der Waals surface area contributed by atoms with E-state index in [4.69, 9.17) is 4.74 Å². The number of nitrogens with one attached hydrogen (secondary N) is 1. The number of benzene rings is 1. The monoisotopic (exact) mass is 220 g/mol. The van der Waals surface area contributed by atoms with Gasteiger partial charge in [0.15, 0.2) is 0 Å². The highest BCUT2D eigenvalue weighted by molar-refractivity contribution is 5.72. The molecule has 0 radical (unpaired) electrons. The molecule has 3 rings (SSSR count). The first-order chi connectivity index (χ1) is 7.86. The second kappa shape index (κ2) is 5.58. The normalized spacial score (nSPS) is 16.8. The molecule has 16 heavy (non-hydrogen) atoms.